The van der Waals surface area contributed by atoms with Crippen molar-refractivity contribution in [2.24, 2.45) is 7.05 Å². The minimum Gasteiger partial charge on any atom is -0.489 e. The molecule has 0 spiro atoms. The van der Waals surface area contributed by atoms with Crippen LogP contribution in [0.2, 0.25) is 5.02 Å². The highest BCUT2D eigenvalue weighted by molar-refractivity contribution is 9.10. The number of ether oxygens (including phenoxy) is 2. The maximum absolute atomic E-state index is 11.8. The number of nitrogens with one attached hydrogen (secondary N) is 1. The van der Waals surface area contributed by atoms with Crippen molar-refractivity contribution in [3.63, 3.8) is 0 Å². The Kier molecular flexibility index (Phi) is 4.77. The molecule has 0 amide bonds. The van der Waals surface area contributed by atoms with Crippen LogP contribution in [0.25, 0.3) is 0 Å². The highest BCUT2D eigenvalue weighted by atomic mass is 79.9. The summed E-state index contributed by atoms with van der Waals surface area (Å²) in [6.45, 7) is 1.67. The number of fused-ring (bicyclic) bond motifs is 1. The average molecular weight is 401 g/mol. The molecule has 0 radical (unpaired) electrons. The van der Waals surface area contributed by atoms with Gasteiger partial charge in [0.05, 0.1) is 30.1 Å². The third-order valence-electron chi connectivity index (χ3n) is 3.42. The van der Waals surface area contributed by atoms with Crippen molar-refractivity contribution >= 4 is 33.2 Å². The first kappa shape index (κ1) is 16.1. The van der Waals surface area contributed by atoms with Gasteiger partial charge in [-0.3, -0.25) is 4.79 Å². The molecule has 122 valence electrons. The van der Waals surface area contributed by atoms with Gasteiger partial charge in [-0.2, -0.15) is 5.10 Å². The van der Waals surface area contributed by atoms with Crippen LogP contribution >= 0.6 is 27.5 Å². The number of hydrogen-bond acceptors (Lipinski definition) is 5. The normalized spacial score (nSPS) is 13.5. The number of nitrogens with zero attached hydrogens (tertiary/aromatic N) is 2. The van der Waals surface area contributed by atoms with Crippen LogP contribution in [0.4, 0.5) is 5.69 Å². The van der Waals surface area contributed by atoms with E-state index < -0.39 is 0 Å². The molecule has 0 fully saturated rings. The van der Waals surface area contributed by atoms with E-state index in [1.807, 2.05) is 12.1 Å². The molecule has 0 bridgehead atoms. The fourth-order valence-electron chi connectivity index (χ4n) is 2.22. The second-order valence-electron chi connectivity index (χ2n) is 5.11. The van der Waals surface area contributed by atoms with E-state index in [0.29, 0.717) is 46.4 Å². The van der Waals surface area contributed by atoms with Crippen molar-refractivity contribution in [3.8, 4) is 11.5 Å². The number of benzene rings is 1. The molecule has 2 aromatic rings. The predicted molar refractivity (Wildman–Crippen MR) is 91.6 cm³/mol. The van der Waals surface area contributed by atoms with Gasteiger partial charge < -0.3 is 14.8 Å². The largest absolute Gasteiger partial charge is 0.489 e. The lowest BCUT2D eigenvalue weighted by atomic mass is 10.2. The zero-order chi connectivity index (χ0) is 16.4. The van der Waals surface area contributed by atoms with Gasteiger partial charge in [-0.1, -0.05) is 11.6 Å². The lowest BCUT2D eigenvalue weighted by Gasteiger charge is -2.13. The van der Waals surface area contributed by atoms with E-state index in [4.69, 9.17) is 21.1 Å². The summed E-state index contributed by atoms with van der Waals surface area (Å²) in [6, 6.07) is 3.71. The van der Waals surface area contributed by atoms with Crippen LogP contribution in [0, 0.1) is 0 Å². The summed E-state index contributed by atoms with van der Waals surface area (Å²) < 4.78 is 13.0. The van der Waals surface area contributed by atoms with Gasteiger partial charge in [-0.25, -0.2) is 4.68 Å². The van der Waals surface area contributed by atoms with Gasteiger partial charge in [-0.05, 0) is 33.6 Å². The van der Waals surface area contributed by atoms with E-state index >= 15 is 0 Å². The number of hydrogen-bond donors (Lipinski definition) is 1. The summed E-state index contributed by atoms with van der Waals surface area (Å²) in [6.07, 6.45) is 2.42. The average Bonchev–Trinajstić information content (AvgIpc) is 2.78. The van der Waals surface area contributed by atoms with Crippen LogP contribution in [0.1, 0.15) is 12.0 Å². The molecule has 1 aromatic heterocycles. The van der Waals surface area contributed by atoms with Gasteiger partial charge in [0, 0.05) is 20.0 Å². The molecule has 1 aliphatic heterocycles. The first-order chi connectivity index (χ1) is 11.1. The Morgan fingerprint density at radius 1 is 1.39 bits per heavy atom. The lowest BCUT2D eigenvalue weighted by Crippen LogP contribution is -2.21. The lowest BCUT2D eigenvalue weighted by molar-refractivity contribution is 0.297. The van der Waals surface area contributed by atoms with Crippen molar-refractivity contribution < 1.29 is 9.47 Å². The Balaban J connectivity index is 1.81. The summed E-state index contributed by atoms with van der Waals surface area (Å²) in [5, 5.41) is 7.68. The predicted octanol–water partition coefficient (Wildman–Crippen LogP) is 2.97. The summed E-state index contributed by atoms with van der Waals surface area (Å²) in [4.78, 5) is 11.8. The van der Waals surface area contributed by atoms with E-state index in [9.17, 15) is 4.79 Å². The summed E-state index contributed by atoms with van der Waals surface area (Å²) in [5.41, 5.74) is 1.34. The third kappa shape index (κ3) is 3.45. The standard InChI is InChI=1S/C15H15BrClN3O3/c1-20-15(21)13(16)11(8-19-20)18-7-9-5-10(17)14-12(6-9)22-3-2-4-23-14/h5-6,8,18H,2-4,7H2,1H3. The molecule has 0 atom stereocenters. The van der Waals surface area contributed by atoms with Gasteiger partial charge >= 0.3 is 0 Å². The monoisotopic (exact) mass is 399 g/mol. The zero-order valence-corrected chi connectivity index (χ0v) is 14.8. The molecular formula is C15H15BrClN3O3. The van der Waals surface area contributed by atoms with Crippen molar-refractivity contribution in [2.45, 2.75) is 13.0 Å². The van der Waals surface area contributed by atoms with Crippen LogP contribution in [-0.2, 0) is 13.6 Å². The minimum absolute atomic E-state index is 0.202. The van der Waals surface area contributed by atoms with Crippen LogP contribution in [0.5, 0.6) is 11.5 Å². The number of anilines is 1. The molecule has 3 rings (SSSR count). The van der Waals surface area contributed by atoms with Crippen LogP contribution in [0.3, 0.4) is 0 Å². The van der Waals surface area contributed by atoms with E-state index in [2.05, 4.69) is 26.3 Å². The first-order valence-corrected chi connectivity index (χ1v) is 8.27. The fourth-order valence-corrected chi connectivity index (χ4v) is 3.00. The van der Waals surface area contributed by atoms with Crippen LogP contribution in [0.15, 0.2) is 27.6 Å². The van der Waals surface area contributed by atoms with Crippen molar-refractivity contribution in [1.82, 2.24) is 9.78 Å². The number of rotatable bonds is 3. The van der Waals surface area contributed by atoms with E-state index in [0.717, 1.165) is 12.0 Å². The number of halogens is 2. The fraction of sp³-hybridized carbons (Fsp3) is 0.333. The first-order valence-electron chi connectivity index (χ1n) is 7.10. The minimum atomic E-state index is -0.202. The molecule has 0 saturated carbocycles. The van der Waals surface area contributed by atoms with Gasteiger partial charge in [0.25, 0.3) is 5.56 Å². The highest BCUT2D eigenvalue weighted by Gasteiger charge is 2.16. The Morgan fingerprint density at radius 2 is 2.17 bits per heavy atom. The van der Waals surface area contributed by atoms with Crippen molar-refractivity contribution in [1.29, 1.82) is 0 Å². The summed E-state index contributed by atoms with van der Waals surface area (Å²) in [5.74, 6) is 1.23. The Bertz CT molecular complexity index is 794. The molecule has 0 unspecified atom stereocenters. The SMILES string of the molecule is Cn1ncc(NCc2cc(Cl)c3c(c2)OCCCO3)c(Br)c1=O. The third-order valence-corrected chi connectivity index (χ3v) is 4.47. The number of aromatic nitrogens is 2. The molecule has 0 aliphatic carbocycles. The van der Waals surface area contributed by atoms with Crippen LogP contribution in [-0.4, -0.2) is 23.0 Å². The molecule has 0 saturated heterocycles. The molecule has 8 heteroatoms. The molecular weight excluding hydrogens is 386 g/mol. The van der Waals surface area contributed by atoms with Gasteiger partial charge in [0.15, 0.2) is 11.5 Å². The Morgan fingerprint density at radius 3 is 3.00 bits per heavy atom. The molecule has 6 nitrogen and oxygen atoms in total. The molecule has 1 aliphatic rings. The van der Waals surface area contributed by atoms with E-state index in [1.54, 1.807) is 13.2 Å². The smallest absolute Gasteiger partial charge is 0.282 e. The van der Waals surface area contributed by atoms with Gasteiger partial charge in [0.1, 0.15) is 4.47 Å². The molecule has 23 heavy (non-hydrogen) atoms. The van der Waals surface area contributed by atoms with Crippen molar-refractivity contribution in [3.05, 3.63) is 43.7 Å². The zero-order valence-electron chi connectivity index (χ0n) is 12.4. The Labute approximate surface area is 146 Å². The maximum Gasteiger partial charge on any atom is 0.282 e. The maximum atomic E-state index is 11.8. The Hall–Kier alpha value is -1.73. The van der Waals surface area contributed by atoms with Crippen molar-refractivity contribution in [2.75, 3.05) is 18.5 Å². The number of aryl methyl sites for hydroxylation is 1. The summed E-state index contributed by atoms with van der Waals surface area (Å²) in [7, 11) is 1.60. The topological polar surface area (TPSA) is 65.4 Å². The van der Waals surface area contributed by atoms with Crippen LogP contribution < -0.4 is 20.3 Å². The quantitative estimate of drug-likeness (QED) is 0.858. The molecule has 1 aromatic carbocycles. The van der Waals surface area contributed by atoms with Gasteiger partial charge in [0.2, 0.25) is 0 Å². The second kappa shape index (κ2) is 6.80. The second-order valence-corrected chi connectivity index (χ2v) is 6.31. The van der Waals surface area contributed by atoms with E-state index in [1.165, 1.54) is 4.68 Å². The highest BCUT2D eigenvalue weighted by Crippen LogP contribution is 2.38. The molecule has 2 heterocycles. The van der Waals surface area contributed by atoms with E-state index in [-0.39, 0.29) is 5.56 Å². The summed E-state index contributed by atoms with van der Waals surface area (Å²) >= 11 is 9.55. The van der Waals surface area contributed by atoms with Gasteiger partial charge in [-0.15, -0.1) is 0 Å². The molecule has 1 N–H and O–H groups in total.